The van der Waals surface area contributed by atoms with Crippen LogP contribution in [0.1, 0.15) is 34.1 Å². The van der Waals surface area contributed by atoms with Crippen molar-refractivity contribution in [3.8, 4) is 0 Å². The summed E-state index contributed by atoms with van der Waals surface area (Å²) in [5.41, 5.74) is 0. The lowest BCUT2D eigenvalue weighted by atomic mass is 9.88. The first-order valence-corrected chi connectivity index (χ1v) is 5.32. The van der Waals surface area contributed by atoms with Gasteiger partial charge in [0, 0.05) is 13.1 Å². The molecule has 1 heterocycles. The first-order valence-electron chi connectivity index (χ1n) is 5.32. The van der Waals surface area contributed by atoms with E-state index in [4.69, 9.17) is 0 Å². The summed E-state index contributed by atoms with van der Waals surface area (Å²) in [4.78, 5) is 2.62. The van der Waals surface area contributed by atoms with E-state index in [2.05, 4.69) is 32.6 Å². The van der Waals surface area contributed by atoms with Gasteiger partial charge in [0.25, 0.3) is 0 Å². The van der Waals surface area contributed by atoms with Gasteiger partial charge in [-0.05, 0) is 30.7 Å². The fourth-order valence-electron chi connectivity index (χ4n) is 2.03. The van der Waals surface area contributed by atoms with Crippen molar-refractivity contribution >= 4 is 0 Å². The van der Waals surface area contributed by atoms with Crippen LogP contribution in [-0.2, 0) is 0 Å². The predicted octanol–water partition coefficient (Wildman–Crippen LogP) is 2.62. The van der Waals surface area contributed by atoms with E-state index in [9.17, 15) is 0 Å². The minimum Gasteiger partial charge on any atom is -0.303 e. The van der Waals surface area contributed by atoms with Crippen molar-refractivity contribution in [1.29, 1.82) is 0 Å². The smallest absolute Gasteiger partial charge is 0.000968 e. The van der Waals surface area contributed by atoms with Gasteiger partial charge < -0.3 is 4.90 Å². The lowest BCUT2D eigenvalue weighted by Gasteiger charge is -2.36. The molecule has 0 aliphatic carbocycles. The van der Waals surface area contributed by atoms with Gasteiger partial charge in [0.2, 0.25) is 0 Å². The Bertz CT molecular complexity index is 131. The number of hydrogen-bond donors (Lipinski definition) is 0. The zero-order valence-corrected chi connectivity index (χ0v) is 9.01. The van der Waals surface area contributed by atoms with E-state index < -0.39 is 0 Å². The molecule has 0 aromatic heterocycles. The van der Waals surface area contributed by atoms with Crippen molar-refractivity contribution in [1.82, 2.24) is 4.90 Å². The summed E-state index contributed by atoms with van der Waals surface area (Å²) in [6, 6.07) is 0. The first-order chi connectivity index (χ1) is 5.59. The zero-order chi connectivity index (χ0) is 9.14. The second-order valence-electron chi connectivity index (χ2n) is 4.90. The fourth-order valence-corrected chi connectivity index (χ4v) is 2.03. The minimum atomic E-state index is 0.825. The summed E-state index contributed by atoms with van der Waals surface area (Å²) in [6.07, 6.45) is 1.40. The molecule has 0 saturated carbocycles. The van der Waals surface area contributed by atoms with Crippen LogP contribution in [0.15, 0.2) is 0 Å². The minimum absolute atomic E-state index is 0.825. The molecule has 72 valence electrons. The highest BCUT2D eigenvalue weighted by atomic mass is 15.1. The maximum Gasteiger partial charge on any atom is 0.000968 e. The van der Waals surface area contributed by atoms with Gasteiger partial charge in [-0.1, -0.05) is 27.7 Å². The summed E-state index contributed by atoms with van der Waals surface area (Å²) in [7, 11) is 0. The molecule has 1 rings (SSSR count). The van der Waals surface area contributed by atoms with Crippen molar-refractivity contribution < 1.29 is 0 Å². The first kappa shape index (κ1) is 10.0. The van der Waals surface area contributed by atoms with Gasteiger partial charge in [-0.25, -0.2) is 0 Å². The van der Waals surface area contributed by atoms with E-state index in [0.29, 0.717) is 0 Å². The van der Waals surface area contributed by atoms with Crippen molar-refractivity contribution in [2.24, 2.45) is 17.8 Å². The van der Waals surface area contributed by atoms with Crippen molar-refractivity contribution in [3.63, 3.8) is 0 Å². The topological polar surface area (TPSA) is 3.24 Å². The van der Waals surface area contributed by atoms with Crippen LogP contribution in [-0.4, -0.2) is 24.5 Å². The van der Waals surface area contributed by atoms with Crippen molar-refractivity contribution in [3.05, 3.63) is 0 Å². The second kappa shape index (κ2) is 4.27. The molecule has 1 nitrogen and oxygen atoms in total. The van der Waals surface area contributed by atoms with Gasteiger partial charge in [0.05, 0.1) is 0 Å². The zero-order valence-electron chi connectivity index (χ0n) is 9.01. The molecule has 0 amide bonds. The van der Waals surface area contributed by atoms with Crippen LogP contribution < -0.4 is 0 Å². The third-order valence-electron chi connectivity index (χ3n) is 3.04. The molecule has 0 radical (unpaired) electrons. The molecular formula is C11H23N. The van der Waals surface area contributed by atoms with Crippen LogP contribution in [0.5, 0.6) is 0 Å². The summed E-state index contributed by atoms with van der Waals surface area (Å²) in [6.45, 7) is 13.3. The molecule has 1 aliphatic heterocycles. The molecule has 0 unspecified atom stereocenters. The molecule has 12 heavy (non-hydrogen) atoms. The number of likely N-dealkylation sites (tertiary alicyclic amines) is 1. The molecule has 0 bridgehead atoms. The number of piperidine rings is 1. The quantitative estimate of drug-likeness (QED) is 0.614. The summed E-state index contributed by atoms with van der Waals surface area (Å²) in [5, 5.41) is 0. The third kappa shape index (κ3) is 2.78. The van der Waals surface area contributed by atoms with Gasteiger partial charge in [-0.2, -0.15) is 0 Å². The Kier molecular flexibility index (Phi) is 3.57. The average Bonchev–Trinajstić information content (AvgIpc) is 1.96. The number of rotatable bonds is 2. The monoisotopic (exact) mass is 169 g/mol. The lowest BCUT2D eigenvalue weighted by Crippen LogP contribution is -2.40. The Labute approximate surface area is 77.1 Å². The largest absolute Gasteiger partial charge is 0.303 e. The highest BCUT2D eigenvalue weighted by molar-refractivity contribution is 4.75. The molecule has 0 aromatic carbocycles. The van der Waals surface area contributed by atoms with Crippen LogP contribution in [0.3, 0.4) is 0 Å². The van der Waals surface area contributed by atoms with E-state index >= 15 is 0 Å². The van der Waals surface area contributed by atoms with E-state index in [1.165, 1.54) is 26.1 Å². The SMILES string of the molecule is CC(C)CN1CC[C@H](C)[C@H](C)C1. The van der Waals surface area contributed by atoms with E-state index in [1.807, 2.05) is 0 Å². The van der Waals surface area contributed by atoms with E-state index in [0.717, 1.165) is 17.8 Å². The Morgan fingerprint density at radius 2 is 1.92 bits per heavy atom. The van der Waals surface area contributed by atoms with Gasteiger partial charge in [-0.3, -0.25) is 0 Å². The Morgan fingerprint density at radius 1 is 1.25 bits per heavy atom. The van der Waals surface area contributed by atoms with Crippen molar-refractivity contribution in [2.45, 2.75) is 34.1 Å². The normalized spacial score (nSPS) is 32.8. The molecular weight excluding hydrogens is 146 g/mol. The Balaban J connectivity index is 2.30. The number of nitrogens with zero attached hydrogens (tertiary/aromatic N) is 1. The van der Waals surface area contributed by atoms with Crippen LogP contribution in [0.4, 0.5) is 0 Å². The average molecular weight is 169 g/mol. The van der Waals surface area contributed by atoms with E-state index in [-0.39, 0.29) is 0 Å². The Hall–Kier alpha value is -0.0400. The molecule has 1 heteroatoms. The molecule has 2 atom stereocenters. The molecule has 1 saturated heterocycles. The van der Waals surface area contributed by atoms with Crippen LogP contribution in [0.25, 0.3) is 0 Å². The Morgan fingerprint density at radius 3 is 2.42 bits per heavy atom. The standard InChI is InChI=1S/C11H23N/c1-9(2)7-12-6-5-10(3)11(4)8-12/h9-11H,5-8H2,1-4H3/t10-,11+/m0/s1. The molecule has 1 aliphatic rings. The van der Waals surface area contributed by atoms with Crippen LogP contribution in [0, 0.1) is 17.8 Å². The van der Waals surface area contributed by atoms with Gasteiger partial charge in [0.1, 0.15) is 0 Å². The molecule has 1 fully saturated rings. The predicted molar refractivity (Wildman–Crippen MR) is 54.2 cm³/mol. The van der Waals surface area contributed by atoms with Crippen LogP contribution >= 0.6 is 0 Å². The lowest BCUT2D eigenvalue weighted by molar-refractivity contribution is 0.126. The third-order valence-corrected chi connectivity index (χ3v) is 3.04. The second-order valence-corrected chi connectivity index (χ2v) is 4.90. The molecule has 0 spiro atoms. The maximum absolute atomic E-state index is 2.62. The highest BCUT2D eigenvalue weighted by Gasteiger charge is 2.22. The summed E-state index contributed by atoms with van der Waals surface area (Å²) >= 11 is 0. The number of hydrogen-bond acceptors (Lipinski definition) is 1. The van der Waals surface area contributed by atoms with E-state index in [1.54, 1.807) is 0 Å². The molecule has 0 N–H and O–H groups in total. The van der Waals surface area contributed by atoms with Gasteiger partial charge in [0.15, 0.2) is 0 Å². The highest BCUT2D eigenvalue weighted by Crippen LogP contribution is 2.22. The maximum atomic E-state index is 2.62. The summed E-state index contributed by atoms with van der Waals surface area (Å²) in [5.74, 6) is 2.66. The fraction of sp³-hybridized carbons (Fsp3) is 1.00. The van der Waals surface area contributed by atoms with Crippen molar-refractivity contribution in [2.75, 3.05) is 19.6 Å². The van der Waals surface area contributed by atoms with Gasteiger partial charge in [-0.15, -0.1) is 0 Å². The van der Waals surface area contributed by atoms with Crippen LogP contribution in [0.2, 0.25) is 0 Å². The summed E-state index contributed by atoms with van der Waals surface area (Å²) < 4.78 is 0. The van der Waals surface area contributed by atoms with Gasteiger partial charge >= 0.3 is 0 Å². The molecule has 0 aromatic rings.